The lowest BCUT2D eigenvalue weighted by Gasteiger charge is -2.51. The first kappa shape index (κ1) is 12.2. The van der Waals surface area contributed by atoms with Gasteiger partial charge in [0.1, 0.15) is 5.54 Å². The molecule has 3 aliphatic rings. The molecule has 17 heavy (non-hydrogen) atoms. The highest BCUT2D eigenvalue weighted by atomic mass is 16.4. The standard InChI is InChI=1S/C10H17N5O2/c11-14-13-4-3-12-10(9(16)17)7-15-5-1-8(10)2-6-15/h8,12H,1-7H2,(H,16,17). The van der Waals surface area contributed by atoms with Crippen LogP contribution in [0.25, 0.3) is 10.4 Å². The molecular weight excluding hydrogens is 222 g/mol. The fraction of sp³-hybridized carbons (Fsp3) is 0.900. The SMILES string of the molecule is [N-]=[N+]=NCCNC1(C(=O)O)CN2CCC1CC2. The molecule has 3 saturated heterocycles. The number of rotatable bonds is 5. The maximum atomic E-state index is 11.5. The molecule has 0 aliphatic carbocycles. The molecule has 2 N–H and O–H groups in total. The fourth-order valence-electron chi connectivity index (χ4n) is 2.96. The maximum Gasteiger partial charge on any atom is 0.325 e. The lowest BCUT2D eigenvalue weighted by Crippen LogP contribution is -2.70. The first-order valence-electron chi connectivity index (χ1n) is 5.90. The highest BCUT2D eigenvalue weighted by molar-refractivity contribution is 5.80. The summed E-state index contributed by atoms with van der Waals surface area (Å²) in [6, 6.07) is 0. The molecular formula is C10H17N5O2. The summed E-state index contributed by atoms with van der Waals surface area (Å²) in [5.74, 6) is -0.594. The third-order valence-electron chi connectivity index (χ3n) is 3.85. The van der Waals surface area contributed by atoms with Crippen molar-refractivity contribution in [3.8, 4) is 0 Å². The predicted molar refractivity (Wildman–Crippen MR) is 61.5 cm³/mol. The molecule has 3 rings (SSSR count). The van der Waals surface area contributed by atoms with Crippen LogP contribution in [0.1, 0.15) is 12.8 Å². The molecule has 3 aliphatic heterocycles. The van der Waals surface area contributed by atoms with Gasteiger partial charge in [-0.05, 0) is 37.4 Å². The summed E-state index contributed by atoms with van der Waals surface area (Å²) in [5.41, 5.74) is 7.34. The molecule has 94 valence electrons. The van der Waals surface area contributed by atoms with E-state index in [1.165, 1.54) is 0 Å². The summed E-state index contributed by atoms with van der Waals surface area (Å²) in [5, 5.41) is 16.0. The van der Waals surface area contributed by atoms with Crippen LogP contribution in [-0.4, -0.2) is 54.2 Å². The Bertz CT molecular complexity index is 347. The Morgan fingerprint density at radius 2 is 2.29 bits per heavy atom. The average molecular weight is 239 g/mol. The highest BCUT2D eigenvalue weighted by Crippen LogP contribution is 2.35. The molecule has 0 amide bonds. The van der Waals surface area contributed by atoms with Crippen LogP contribution in [0.3, 0.4) is 0 Å². The average Bonchev–Trinajstić information content (AvgIpc) is 2.36. The van der Waals surface area contributed by atoms with E-state index >= 15 is 0 Å². The lowest BCUT2D eigenvalue weighted by molar-refractivity contribution is -0.154. The first-order valence-corrected chi connectivity index (χ1v) is 5.90. The lowest BCUT2D eigenvalue weighted by atomic mass is 9.72. The van der Waals surface area contributed by atoms with E-state index in [1.807, 2.05) is 0 Å². The van der Waals surface area contributed by atoms with Gasteiger partial charge in [-0.15, -0.1) is 0 Å². The van der Waals surface area contributed by atoms with Gasteiger partial charge in [-0.3, -0.25) is 4.79 Å². The van der Waals surface area contributed by atoms with E-state index in [9.17, 15) is 9.90 Å². The van der Waals surface area contributed by atoms with Crippen LogP contribution < -0.4 is 5.32 Å². The van der Waals surface area contributed by atoms with Crippen LogP contribution in [0.15, 0.2) is 5.11 Å². The molecule has 3 fully saturated rings. The zero-order chi connectivity index (χ0) is 12.3. The number of nitrogens with zero attached hydrogens (tertiary/aromatic N) is 4. The molecule has 7 nitrogen and oxygen atoms in total. The van der Waals surface area contributed by atoms with E-state index in [2.05, 4.69) is 20.2 Å². The van der Waals surface area contributed by atoms with Crippen LogP contribution in [0, 0.1) is 5.92 Å². The Balaban J connectivity index is 2.05. The van der Waals surface area contributed by atoms with Crippen LogP contribution in [0.4, 0.5) is 0 Å². The Morgan fingerprint density at radius 1 is 1.59 bits per heavy atom. The van der Waals surface area contributed by atoms with Crippen molar-refractivity contribution in [3.63, 3.8) is 0 Å². The van der Waals surface area contributed by atoms with Crippen molar-refractivity contribution < 1.29 is 9.90 Å². The number of carboxylic acids is 1. The number of hydrogen-bond acceptors (Lipinski definition) is 4. The monoisotopic (exact) mass is 239 g/mol. The molecule has 0 radical (unpaired) electrons. The van der Waals surface area contributed by atoms with Crippen molar-refractivity contribution in [1.82, 2.24) is 10.2 Å². The van der Waals surface area contributed by atoms with E-state index in [4.69, 9.17) is 5.53 Å². The first-order chi connectivity index (χ1) is 8.19. The predicted octanol–water partition coefficient (Wildman–Crippen LogP) is 0.435. The fourth-order valence-corrected chi connectivity index (χ4v) is 2.96. The van der Waals surface area contributed by atoms with Gasteiger partial charge in [0.25, 0.3) is 0 Å². The Hall–Kier alpha value is -1.30. The largest absolute Gasteiger partial charge is 0.480 e. The normalized spacial score (nSPS) is 35.3. The molecule has 0 saturated carbocycles. The summed E-state index contributed by atoms with van der Waals surface area (Å²) in [4.78, 5) is 16.4. The minimum Gasteiger partial charge on any atom is -0.480 e. The number of carboxylic acid groups (broad SMARTS) is 1. The van der Waals surface area contributed by atoms with Crippen molar-refractivity contribution in [3.05, 3.63) is 10.4 Å². The van der Waals surface area contributed by atoms with E-state index in [1.54, 1.807) is 0 Å². The minimum absolute atomic E-state index is 0.191. The van der Waals surface area contributed by atoms with E-state index in [0.29, 0.717) is 13.1 Å². The smallest absolute Gasteiger partial charge is 0.325 e. The van der Waals surface area contributed by atoms with Crippen molar-refractivity contribution >= 4 is 5.97 Å². The van der Waals surface area contributed by atoms with Gasteiger partial charge in [0.15, 0.2) is 0 Å². The maximum absolute atomic E-state index is 11.5. The number of hydrogen-bond donors (Lipinski definition) is 2. The molecule has 0 spiro atoms. The summed E-state index contributed by atoms with van der Waals surface area (Å²) < 4.78 is 0. The van der Waals surface area contributed by atoms with Gasteiger partial charge in [0, 0.05) is 24.5 Å². The second kappa shape index (κ2) is 4.91. The van der Waals surface area contributed by atoms with Gasteiger partial charge < -0.3 is 15.3 Å². The minimum atomic E-state index is -0.846. The summed E-state index contributed by atoms with van der Waals surface area (Å²) >= 11 is 0. The molecule has 0 aromatic heterocycles. The number of carbonyl (C=O) groups is 1. The Labute approximate surface area is 99.4 Å². The Kier molecular flexibility index (Phi) is 3.51. The van der Waals surface area contributed by atoms with Gasteiger partial charge in [-0.2, -0.15) is 0 Å². The van der Waals surface area contributed by atoms with Crippen molar-refractivity contribution in [1.29, 1.82) is 0 Å². The molecule has 1 unspecified atom stereocenters. The van der Waals surface area contributed by atoms with Gasteiger partial charge in [0.05, 0.1) is 0 Å². The van der Waals surface area contributed by atoms with Gasteiger partial charge >= 0.3 is 5.97 Å². The molecule has 3 heterocycles. The summed E-state index contributed by atoms with van der Waals surface area (Å²) in [6.45, 7) is 3.26. The third kappa shape index (κ3) is 2.22. The second-order valence-corrected chi connectivity index (χ2v) is 4.71. The molecule has 0 aromatic rings. The quantitative estimate of drug-likeness (QED) is 0.314. The number of nitrogens with one attached hydrogen (secondary N) is 1. The molecule has 1 atom stereocenters. The second-order valence-electron chi connectivity index (χ2n) is 4.71. The van der Waals surface area contributed by atoms with Crippen molar-refractivity contribution in [2.24, 2.45) is 11.0 Å². The number of aliphatic carboxylic acids is 1. The summed E-state index contributed by atoms with van der Waals surface area (Å²) in [7, 11) is 0. The van der Waals surface area contributed by atoms with Crippen LogP contribution in [-0.2, 0) is 4.79 Å². The molecule has 0 aromatic carbocycles. The molecule has 2 bridgehead atoms. The number of piperidine rings is 3. The zero-order valence-electron chi connectivity index (χ0n) is 9.67. The number of fused-ring (bicyclic) bond motifs is 3. The molecule has 7 heteroatoms. The Morgan fingerprint density at radius 3 is 2.76 bits per heavy atom. The van der Waals surface area contributed by atoms with Gasteiger partial charge in [-0.1, -0.05) is 5.11 Å². The zero-order valence-corrected chi connectivity index (χ0v) is 9.67. The highest BCUT2D eigenvalue weighted by Gasteiger charge is 2.51. The van der Waals surface area contributed by atoms with E-state index in [0.717, 1.165) is 25.9 Å². The van der Waals surface area contributed by atoms with Crippen LogP contribution in [0.2, 0.25) is 0 Å². The van der Waals surface area contributed by atoms with E-state index in [-0.39, 0.29) is 12.5 Å². The van der Waals surface area contributed by atoms with Crippen molar-refractivity contribution in [2.75, 3.05) is 32.7 Å². The topological polar surface area (TPSA) is 101 Å². The van der Waals surface area contributed by atoms with Gasteiger partial charge in [0.2, 0.25) is 0 Å². The van der Waals surface area contributed by atoms with E-state index < -0.39 is 11.5 Å². The van der Waals surface area contributed by atoms with Gasteiger partial charge in [-0.25, -0.2) is 0 Å². The third-order valence-corrected chi connectivity index (χ3v) is 3.85. The summed E-state index contributed by atoms with van der Waals surface area (Å²) in [6.07, 6.45) is 1.86. The van der Waals surface area contributed by atoms with Crippen LogP contribution in [0.5, 0.6) is 0 Å². The van der Waals surface area contributed by atoms with Crippen molar-refractivity contribution in [2.45, 2.75) is 18.4 Å². The number of azide groups is 1. The van der Waals surface area contributed by atoms with Crippen LogP contribution >= 0.6 is 0 Å².